The number of amides is 2. The smallest absolute Gasteiger partial charge is 0.412 e. The predicted octanol–water partition coefficient (Wildman–Crippen LogP) is 4.06. The van der Waals surface area contributed by atoms with Crippen LogP contribution in [0.2, 0.25) is 0 Å². The summed E-state index contributed by atoms with van der Waals surface area (Å²) in [6.07, 6.45) is 4.42. The summed E-state index contributed by atoms with van der Waals surface area (Å²) in [7, 11) is 1.27. The standard InChI is InChI=1S/C24H20FN5O4/c1-14-9-16(23(31)29-7-8-34-20-10-17(25)4-5-18(20)29)13-30-19(12-27-22(14)30)15-3-6-21(26-11-15)28-24(32)33-2/h3-6,9-13H,7-8H2,1-2H3,(H,26,28,32). The van der Waals surface area contributed by atoms with Gasteiger partial charge in [-0.2, -0.15) is 0 Å². The second-order valence-electron chi connectivity index (χ2n) is 7.71. The van der Waals surface area contributed by atoms with Crippen LogP contribution in [0, 0.1) is 12.7 Å². The van der Waals surface area contributed by atoms with Crippen LogP contribution in [0.15, 0.2) is 55.0 Å². The molecule has 0 atom stereocenters. The molecule has 0 radical (unpaired) electrons. The molecule has 0 saturated carbocycles. The zero-order chi connectivity index (χ0) is 23.8. The van der Waals surface area contributed by atoms with Gasteiger partial charge in [0.15, 0.2) is 0 Å². The summed E-state index contributed by atoms with van der Waals surface area (Å²) in [4.78, 5) is 35.2. The number of hydrogen-bond acceptors (Lipinski definition) is 6. The third-order valence-corrected chi connectivity index (χ3v) is 5.54. The number of fused-ring (bicyclic) bond motifs is 2. The van der Waals surface area contributed by atoms with Crippen LogP contribution >= 0.6 is 0 Å². The molecule has 0 unspecified atom stereocenters. The van der Waals surface area contributed by atoms with Crippen LogP contribution in [0.3, 0.4) is 0 Å². The number of methoxy groups -OCH3 is 1. The summed E-state index contributed by atoms with van der Waals surface area (Å²) in [5.41, 5.74) is 3.99. The number of rotatable bonds is 3. The topological polar surface area (TPSA) is 98.1 Å². The molecule has 1 aromatic carbocycles. The number of aromatic nitrogens is 3. The van der Waals surface area contributed by atoms with Crippen molar-refractivity contribution < 1.29 is 23.5 Å². The Morgan fingerprint density at radius 1 is 1.15 bits per heavy atom. The molecule has 0 bridgehead atoms. The Balaban J connectivity index is 1.51. The van der Waals surface area contributed by atoms with Gasteiger partial charge in [-0.3, -0.25) is 14.5 Å². The molecule has 10 heteroatoms. The van der Waals surface area contributed by atoms with Crippen molar-refractivity contribution in [3.8, 4) is 17.0 Å². The second kappa shape index (κ2) is 8.47. The lowest BCUT2D eigenvalue weighted by molar-refractivity contribution is 0.0976. The predicted molar refractivity (Wildman–Crippen MR) is 123 cm³/mol. The first-order valence-electron chi connectivity index (χ1n) is 10.5. The largest absolute Gasteiger partial charge is 0.489 e. The van der Waals surface area contributed by atoms with Crippen molar-refractivity contribution in [2.24, 2.45) is 0 Å². The number of carbonyl (C=O) groups excluding carboxylic acids is 2. The van der Waals surface area contributed by atoms with E-state index in [1.807, 2.05) is 11.3 Å². The van der Waals surface area contributed by atoms with E-state index < -0.39 is 11.9 Å². The molecule has 1 aliphatic rings. The Morgan fingerprint density at radius 3 is 2.76 bits per heavy atom. The van der Waals surface area contributed by atoms with E-state index in [4.69, 9.17) is 4.74 Å². The van der Waals surface area contributed by atoms with E-state index >= 15 is 0 Å². The summed E-state index contributed by atoms with van der Waals surface area (Å²) in [5.74, 6) is 0.0395. The van der Waals surface area contributed by atoms with Crippen molar-refractivity contribution in [3.63, 3.8) is 0 Å². The fourth-order valence-electron chi connectivity index (χ4n) is 3.92. The SMILES string of the molecule is COC(=O)Nc1ccc(-c2cnc3c(C)cc(C(=O)N4CCOc5cc(F)ccc54)cn23)cn1. The van der Waals surface area contributed by atoms with Crippen LogP contribution in [-0.4, -0.2) is 46.6 Å². The Labute approximate surface area is 193 Å². The Bertz CT molecular complexity index is 1420. The first-order valence-corrected chi connectivity index (χ1v) is 10.5. The van der Waals surface area contributed by atoms with Crippen LogP contribution in [0.5, 0.6) is 5.75 Å². The van der Waals surface area contributed by atoms with Crippen molar-refractivity contribution in [2.45, 2.75) is 6.92 Å². The van der Waals surface area contributed by atoms with Gasteiger partial charge in [-0.05, 0) is 42.8 Å². The van der Waals surface area contributed by atoms with Gasteiger partial charge >= 0.3 is 6.09 Å². The maximum absolute atomic E-state index is 13.6. The lowest BCUT2D eigenvalue weighted by atomic mass is 10.1. The Kier molecular flexibility index (Phi) is 5.33. The molecular formula is C24H20FN5O4. The first-order chi connectivity index (χ1) is 16.4. The molecule has 1 aliphatic heterocycles. The highest BCUT2D eigenvalue weighted by Gasteiger charge is 2.26. The number of imidazole rings is 1. The molecule has 0 fully saturated rings. The molecule has 4 heterocycles. The number of nitrogens with zero attached hydrogens (tertiary/aromatic N) is 4. The lowest BCUT2D eigenvalue weighted by Crippen LogP contribution is -2.38. The van der Waals surface area contributed by atoms with Gasteiger partial charge in [0.05, 0.1) is 36.8 Å². The Morgan fingerprint density at radius 2 is 2.00 bits per heavy atom. The van der Waals surface area contributed by atoms with Crippen molar-refractivity contribution in [2.75, 3.05) is 30.5 Å². The molecule has 3 aromatic heterocycles. The number of ether oxygens (including phenoxy) is 2. The van der Waals surface area contributed by atoms with Crippen LogP contribution < -0.4 is 15.0 Å². The van der Waals surface area contributed by atoms with E-state index in [0.29, 0.717) is 35.0 Å². The number of halogens is 1. The highest BCUT2D eigenvalue weighted by molar-refractivity contribution is 6.07. The first kappa shape index (κ1) is 21.4. The van der Waals surface area contributed by atoms with E-state index in [1.165, 1.54) is 19.2 Å². The Hall–Kier alpha value is -4.47. The van der Waals surface area contributed by atoms with Crippen LogP contribution in [0.25, 0.3) is 16.9 Å². The van der Waals surface area contributed by atoms with Gasteiger partial charge in [0.25, 0.3) is 5.91 Å². The number of anilines is 2. The minimum atomic E-state index is -0.610. The van der Waals surface area contributed by atoms with Gasteiger partial charge in [-0.25, -0.2) is 19.2 Å². The molecule has 172 valence electrons. The van der Waals surface area contributed by atoms with E-state index in [9.17, 15) is 14.0 Å². The summed E-state index contributed by atoms with van der Waals surface area (Å²) < 4.78 is 25.6. The van der Waals surface area contributed by atoms with Crippen LogP contribution in [0.4, 0.5) is 20.7 Å². The minimum absolute atomic E-state index is 0.225. The summed E-state index contributed by atoms with van der Waals surface area (Å²) in [6.45, 7) is 2.51. The number of pyridine rings is 2. The van der Waals surface area contributed by atoms with Crippen molar-refractivity contribution in [1.82, 2.24) is 14.4 Å². The van der Waals surface area contributed by atoms with E-state index in [-0.39, 0.29) is 12.5 Å². The molecule has 2 amide bonds. The maximum atomic E-state index is 13.6. The molecule has 5 rings (SSSR count). The van der Waals surface area contributed by atoms with E-state index in [1.54, 1.807) is 47.8 Å². The quantitative estimate of drug-likeness (QED) is 0.494. The van der Waals surface area contributed by atoms with Crippen molar-refractivity contribution in [3.05, 3.63) is 71.9 Å². The van der Waals surface area contributed by atoms with E-state index in [0.717, 1.165) is 16.8 Å². The normalized spacial score (nSPS) is 12.7. The summed E-state index contributed by atoms with van der Waals surface area (Å²) in [5, 5.41) is 2.50. The average molecular weight is 461 g/mol. The molecule has 0 aliphatic carbocycles. The van der Waals surface area contributed by atoms with E-state index in [2.05, 4.69) is 20.0 Å². The highest BCUT2D eigenvalue weighted by atomic mass is 19.1. The van der Waals surface area contributed by atoms with Gasteiger partial charge in [0.1, 0.15) is 29.6 Å². The molecule has 1 N–H and O–H groups in total. The van der Waals surface area contributed by atoms with Gasteiger partial charge in [-0.15, -0.1) is 0 Å². The molecule has 34 heavy (non-hydrogen) atoms. The minimum Gasteiger partial charge on any atom is -0.489 e. The summed E-state index contributed by atoms with van der Waals surface area (Å²) in [6, 6.07) is 9.36. The van der Waals surface area contributed by atoms with Gasteiger partial charge in [0.2, 0.25) is 0 Å². The molecule has 9 nitrogen and oxygen atoms in total. The average Bonchev–Trinajstić information content (AvgIpc) is 3.28. The second-order valence-corrected chi connectivity index (χ2v) is 7.71. The monoisotopic (exact) mass is 461 g/mol. The third kappa shape index (κ3) is 3.79. The lowest BCUT2D eigenvalue weighted by Gasteiger charge is -2.29. The van der Waals surface area contributed by atoms with Crippen LogP contribution in [0.1, 0.15) is 15.9 Å². The number of aryl methyl sites for hydroxylation is 1. The number of hydrogen-bond donors (Lipinski definition) is 1. The highest BCUT2D eigenvalue weighted by Crippen LogP contribution is 2.33. The fraction of sp³-hybridized carbons (Fsp3) is 0.167. The van der Waals surface area contributed by atoms with Crippen LogP contribution in [-0.2, 0) is 4.74 Å². The van der Waals surface area contributed by atoms with Gasteiger partial charge < -0.3 is 14.4 Å². The molecule has 0 saturated heterocycles. The van der Waals surface area contributed by atoms with Crippen molar-refractivity contribution >= 4 is 29.2 Å². The number of benzene rings is 1. The van der Waals surface area contributed by atoms with Gasteiger partial charge in [0, 0.05) is 24.0 Å². The number of carbonyl (C=O) groups is 2. The molecule has 0 spiro atoms. The molecule has 4 aromatic rings. The zero-order valence-corrected chi connectivity index (χ0v) is 18.4. The third-order valence-electron chi connectivity index (χ3n) is 5.54. The van der Waals surface area contributed by atoms with Crippen molar-refractivity contribution in [1.29, 1.82) is 0 Å². The number of nitrogens with one attached hydrogen (secondary N) is 1. The van der Waals surface area contributed by atoms with Gasteiger partial charge in [-0.1, -0.05) is 0 Å². The molecular weight excluding hydrogens is 441 g/mol. The zero-order valence-electron chi connectivity index (χ0n) is 18.4. The fourth-order valence-corrected chi connectivity index (χ4v) is 3.92. The maximum Gasteiger partial charge on any atom is 0.412 e. The summed E-state index contributed by atoms with van der Waals surface area (Å²) >= 11 is 0.